The number of ether oxygens (including phenoxy) is 4. The summed E-state index contributed by atoms with van der Waals surface area (Å²) in [5, 5.41) is 0. The van der Waals surface area contributed by atoms with Crippen molar-refractivity contribution >= 4 is 11.9 Å². The number of benzene rings is 3. The molecule has 5 atom stereocenters. The van der Waals surface area contributed by atoms with Crippen molar-refractivity contribution < 1.29 is 28.5 Å². The first-order chi connectivity index (χ1) is 20.0. The van der Waals surface area contributed by atoms with E-state index in [9.17, 15) is 9.59 Å². The number of carbonyl (C=O) groups is 2. The number of piperidine rings is 1. The highest BCUT2D eigenvalue weighted by molar-refractivity contribution is 5.67. The van der Waals surface area contributed by atoms with Gasteiger partial charge in [-0.1, -0.05) is 97.1 Å². The van der Waals surface area contributed by atoms with Crippen LogP contribution in [-0.4, -0.2) is 53.8 Å². The van der Waals surface area contributed by atoms with E-state index in [4.69, 9.17) is 18.9 Å². The molecular weight excluding hydrogens is 518 g/mol. The highest BCUT2D eigenvalue weighted by Gasteiger charge is 2.53. The molecule has 0 aliphatic carbocycles. The average Bonchev–Trinajstić information content (AvgIpc) is 2.97. The monoisotopic (exact) mass is 557 g/mol. The molecule has 0 N–H and O–H groups in total. The molecule has 0 saturated carbocycles. The summed E-state index contributed by atoms with van der Waals surface area (Å²) < 4.78 is 24.8. The van der Waals surface area contributed by atoms with Crippen LogP contribution in [0.5, 0.6) is 0 Å². The maximum atomic E-state index is 12.5. The minimum atomic E-state index is -0.763. The summed E-state index contributed by atoms with van der Waals surface area (Å²) in [4.78, 5) is 27.2. The van der Waals surface area contributed by atoms with Crippen molar-refractivity contribution in [2.75, 3.05) is 6.61 Å². The standard InChI is InChI=1S/C34H39NO6/c1-4-14-30-32(40-25(2)36)34(39-23-29-19-12-7-13-20-29)33(41-26(3)37)31(24-38-22-28-17-10-6-11-18-28)35(30)21-27-15-8-5-9-16-27/h4-13,15-20,30-34H,1,14,21-24H2,2-3H3/t30-,31-,32+,33-,34-/m1/s1. The minimum absolute atomic E-state index is 0.262. The van der Waals surface area contributed by atoms with Crippen LogP contribution in [-0.2, 0) is 48.3 Å². The molecule has 0 radical (unpaired) electrons. The van der Waals surface area contributed by atoms with E-state index in [0.29, 0.717) is 19.6 Å². The zero-order chi connectivity index (χ0) is 29.0. The molecule has 1 fully saturated rings. The summed E-state index contributed by atoms with van der Waals surface area (Å²) in [6.07, 6.45) is 0.137. The van der Waals surface area contributed by atoms with Crippen molar-refractivity contribution in [3.63, 3.8) is 0 Å². The van der Waals surface area contributed by atoms with E-state index in [1.54, 1.807) is 0 Å². The van der Waals surface area contributed by atoms with Crippen molar-refractivity contribution in [2.24, 2.45) is 0 Å². The summed E-state index contributed by atoms with van der Waals surface area (Å²) in [5.41, 5.74) is 3.07. The second-order valence-electron chi connectivity index (χ2n) is 10.2. The molecule has 41 heavy (non-hydrogen) atoms. The normalized spacial score (nSPS) is 22.5. The molecule has 216 valence electrons. The van der Waals surface area contributed by atoms with Crippen LogP contribution in [0.4, 0.5) is 0 Å². The molecule has 0 spiro atoms. The Morgan fingerprint density at radius 2 is 1.20 bits per heavy atom. The van der Waals surface area contributed by atoms with Gasteiger partial charge >= 0.3 is 11.9 Å². The average molecular weight is 558 g/mol. The van der Waals surface area contributed by atoms with Gasteiger partial charge in [-0.25, -0.2) is 0 Å². The number of carbonyl (C=O) groups excluding carboxylic acids is 2. The second-order valence-corrected chi connectivity index (χ2v) is 10.2. The molecule has 1 heterocycles. The highest BCUT2D eigenvalue weighted by Crippen LogP contribution is 2.35. The van der Waals surface area contributed by atoms with Crippen LogP contribution in [0.15, 0.2) is 104 Å². The van der Waals surface area contributed by atoms with Crippen LogP contribution in [0.25, 0.3) is 0 Å². The lowest BCUT2D eigenvalue weighted by atomic mass is 9.85. The van der Waals surface area contributed by atoms with Gasteiger partial charge < -0.3 is 18.9 Å². The fraction of sp³-hybridized carbons (Fsp3) is 0.353. The van der Waals surface area contributed by atoms with Crippen LogP contribution in [0.1, 0.15) is 37.0 Å². The predicted octanol–water partition coefficient (Wildman–Crippen LogP) is 5.48. The van der Waals surface area contributed by atoms with E-state index in [2.05, 4.69) is 11.5 Å². The highest BCUT2D eigenvalue weighted by atomic mass is 16.6. The van der Waals surface area contributed by atoms with E-state index in [0.717, 1.165) is 16.7 Å². The van der Waals surface area contributed by atoms with Crippen molar-refractivity contribution in [3.8, 4) is 0 Å². The van der Waals surface area contributed by atoms with E-state index in [1.807, 2.05) is 97.1 Å². The number of hydrogen-bond donors (Lipinski definition) is 0. The second kappa shape index (κ2) is 15.3. The van der Waals surface area contributed by atoms with Crippen LogP contribution in [0, 0.1) is 0 Å². The summed E-state index contributed by atoms with van der Waals surface area (Å²) in [6, 6.07) is 29.0. The Kier molecular flexibility index (Phi) is 11.3. The number of likely N-dealkylation sites (tertiary alicyclic amines) is 1. The zero-order valence-corrected chi connectivity index (χ0v) is 23.8. The van der Waals surface area contributed by atoms with Gasteiger partial charge in [0.25, 0.3) is 0 Å². The van der Waals surface area contributed by atoms with Gasteiger partial charge in [0.05, 0.1) is 31.9 Å². The molecule has 1 aliphatic heterocycles. The lowest BCUT2D eigenvalue weighted by Gasteiger charge is -2.52. The van der Waals surface area contributed by atoms with Crippen LogP contribution in [0.3, 0.4) is 0 Å². The van der Waals surface area contributed by atoms with Gasteiger partial charge in [0.2, 0.25) is 0 Å². The number of rotatable bonds is 13. The summed E-state index contributed by atoms with van der Waals surface area (Å²) in [7, 11) is 0. The first-order valence-electron chi connectivity index (χ1n) is 14.0. The Labute approximate surface area is 242 Å². The van der Waals surface area contributed by atoms with Gasteiger partial charge in [-0.15, -0.1) is 6.58 Å². The molecule has 0 aromatic heterocycles. The SMILES string of the molecule is C=CC[C@@H]1[C@H](OC(C)=O)[C@@H](OCc2ccccc2)[C@H](OC(C)=O)[C@@H](COCc2ccccc2)N1Cc1ccccc1. The van der Waals surface area contributed by atoms with Crippen molar-refractivity contribution in [3.05, 3.63) is 120 Å². The van der Waals surface area contributed by atoms with Crippen LogP contribution >= 0.6 is 0 Å². The summed E-state index contributed by atoms with van der Waals surface area (Å²) in [5.74, 6) is -0.878. The predicted molar refractivity (Wildman–Crippen MR) is 157 cm³/mol. The number of nitrogens with zero attached hydrogens (tertiary/aromatic N) is 1. The van der Waals surface area contributed by atoms with Gasteiger partial charge in [-0.05, 0) is 23.1 Å². The number of esters is 2. The van der Waals surface area contributed by atoms with Crippen molar-refractivity contribution in [2.45, 2.75) is 70.4 Å². The Hall–Kier alpha value is -3.78. The van der Waals surface area contributed by atoms with Crippen molar-refractivity contribution in [1.82, 2.24) is 4.90 Å². The van der Waals surface area contributed by atoms with Gasteiger partial charge in [0, 0.05) is 20.4 Å². The Bertz CT molecular complexity index is 1240. The van der Waals surface area contributed by atoms with Gasteiger partial charge in [-0.3, -0.25) is 14.5 Å². The largest absolute Gasteiger partial charge is 0.458 e. The smallest absolute Gasteiger partial charge is 0.303 e. The van der Waals surface area contributed by atoms with E-state index >= 15 is 0 Å². The van der Waals surface area contributed by atoms with Crippen LogP contribution < -0.4 is 0 Å². The third-order valence-electron chi connectivity index (χ3n) is 7.16. The van der Waals surface area contributed by atoms with Gasteiger partial charge in [-0.2, -0.15) is 0 Å². The third-order valence-corrected chi connectivity index (χ3v) is 7.16. The molecule has 1 saturated heterocycles. The first kappa shape index (κ1) is 30.2. The molecule has 1 aliphatic rings. The molecule has 0 amide bonds. The molecule has 3 aromatic carbocycles. The van der Waals surface area contributed by atoms with E-state index in [-0.39, 0.29) is 25.3 Å². The zero-order valence-electron chi connectivity index (χ0n) is 23.8. The lowest BCUT2D eigenvalue weighted by molar-refractivity contribution is -0.222. The Balaban J connectivity index is 1.73. The van der Waals surface area contributed by atoms with E-state index < -0.39 is 30.3 Å². The van der Waals surface area contributed by atoms with Gasteiger partial charge in [0.1, 0.15) is 18.3 Å². The quantitative estimate of drug-likeness (QED) is 0.204. The Morgan fingerprint density at radius 3 is 1.71 bits per heavy atom. The molecule has 3 aromatic rings. The van der Waals surface area contributed by atoms with Crippen LogP contribution in [0.2, 0.25) is 0 Å². The molecule has 7 nitrogen and oxygen atoms in total. The summed E-state index contributed by atoms with van der Waals surface area (Å²) in [6.45, 7) is 8.23. The molecular formula is C34H39NO6. The molecule has 0 unspecified atom stereocenters. The third kappa shape index (κ3) is 8.60. The maximum absolute atomic E-state index is 12.5. The minimum Gasteiger partial charge on any atom is -0.458 e. The molecule has 4 rings (SSSR count). The first-order valence-corrected chi connectivity index (χ1v) is 14.0. The van der Waals surface area contributed by atoms with Crippen molar-refractivity contribution in [1.29, 1.82) is 0 Å². The lowest BCUT2D eigenvalue weighted by Crippen LogP contribution is -2.69. The van der Waals surface area contributed by atoms with E-state index in [1.165, 1.54) is 13.8 Å². The fourth-order valence-corrected chi connectivity index (χ4v) is 5.41. The van der Waals surface area contributed by atoms with Gasteiger partial charge in [0.15, 0.2) is 0 Å². The maximum Gasteiger partial charge on any atom is 0.303 e. The summed E-state index contributed by atoms with van der Waals surface area (Å²) >= 11 is 0. The topological polar surface area (TPSA) is 74.3 Å². The Morgan fingerprint density at radius 1 is 0.707 bits per heavy atom. The fourth-order valence-electron chi connectivity index (χ4n) is 5.41. The molecule has 7 heteroatoms. The number of hydrogen-bond acceptors (Lipinski definition) is 7. The molecule has 0 bridgehead atoms.